The fraction of sp³-hybridized carbons (Fsp3) is 0.265. The molecule has 8 nitrogen and oxygen atoms in total. The maximum Gasteiger partial charge on any atom is 0.219 e. The number of piperidine rings is 1. The van der Waals surface area contributed by atoms with Gasteiger partial charge in [-0.15, -0.1) is 0 Å². The predicted octanol–water partition coefficient (Wildman–Crippen LogP) is 7.08. The number of ketones is 1. The Bertz CT molecular complexity index is 1780. The summed E-state index contributed by atoms with van der Waals surface area (Å²) < 4.78 is 35.0. The molecule has 1 fully saturated rings. The molecule has 1 aromatic heterocycles. The van der Waals surface area contributed by atoms with Crippen LogP contribution in [0.25, 0.3) is 10.9 Å². The van der Waals surface area contributed by atoms with E-state index in [1.54, 1.807) is 32.9 Å². The molecule has 3 aromatic carbocycles. The monoisotopic (exact) mass is 599 g/mol. The number of halogens is 2. The second-order valence-electron chi connectivity index (χ2n) is 11.2. The van der Waals surface area contributed by atoms with Crippen LogP contribution < -0.4 is 15.5 Å². The van der Waals surface area contributed by atoms with Crippen LogP contribution in [0.3, 0.4) is 0 Å². The number of anilines is 1. The molecule has 0 spiro atoms. The van der Waals surface area contributed by atoms with Gasteiger partial charge in [0.2, 0.25) is 11.7 Å². The number of rotatable bonds is 8. The molecule has 10 heteroatoms. The molecule has 0 radical (unpaired) electrons. The van der Waals surface area contributed by atoms with E-state index >= 15 is 4.39 Å². The van der Waals surface area contributed by atoms with Gasteiger partial charge in [-0.2, -0.15) is 5.10 Å². The van der Waals surface area contributed by atoms with Gasteiger partial charge >= 0.3 is 0 Å². The molecule has 0 saturated carbocycles. The van der Waals surface area contributed by atoms with Crippen molar-refractivity contribution in [3.63, 3.8) is 0 Å². The Balaban J connectivity index is 1.40. The quantitative estimate of drug-likeness (QED) is 0.0975. The number of amides is 1. The summed E-state index contributed by atoms with van der Waals surface area (Å²) in [4.78, 5) is 30.4. The Labute approximate surface area is 254 Å². The molecule has 1 amide bonds. The molecular formula is C34H35F2N5O3. The lowest BCUT2D eigenvalue weighted by Gasteiger charge is -2.32. The van der Waals surface area contributed by atoms with Gasteiger partial charge in [0.05, 0.1) is 5.69 Å². The number of hydrogen-bond donors (Lipinski definition) is 2. The number of hydrogen-bond acceptors (Lipinski definition) is 6. The Morgan fingerprint density at radius 3 is 2.36 bits per heavy atom. The standard InChI is InChI=1S/C34H35F2N5O3/c1-19-14-24-16-30(39-29(24)18-26(19)23-10-12-40(13-11-23)22(4)42)33(43)21(3)34(37)41(38-5)32-20(2)15-25(17-28(32)36)44-31-9-7-6-8-27(31)35/h6-9,14-18,23,39H,5,10-13,37H2,1-4H3/b34-21+. The van der Waals surface area contributed by atoms with Gasteiger partial charge < -0.3 is 20.4 Å². The summed E-state index contributed by atoms with van der Waals surface area (Å²) in [6.07, 6.45) is 1.76. The highest BCUT2D eigenvalue weighted by molar-refractivity contribution is 6.10. The normalized spacial score (nSPS) is 14.4. The van der Waals surface area contributed by atoms with Gasteiger partial charge in [0, 0.05) is 49.3 Å². The number of Topliss-reactive ketones (excluding diaryl/α,β-unsaturated/α-hetero) is 1. The van der Waals surface area contributed by atoms with Gasteiger partial charge in [-0.25, -0.2) is 13.8 Å². The van der Waals surface area contributed by atoms with Gasteiger partial charge in [0.25, 0.3) is 0 Å². The Morgan fingerprint density at radius 2 is 1.73 bits per heavy atom. The summed E-state index contributed by atoms with van der Waals surface area (Å²) >= 11 is 0. The topological polar surface area (TPSA) is 104 Å². The van der Waals surface area contributed by atoms with E-state index in [1.807, 2.05) is 4.90 Å². The fourth-order valence-corrected chi connectivity index (χ4v) is 5.81. The summed E-state index contributed by atoms with van der Waals surface area (Å²) in [5, 5.41) is 5.87. The molecule has 4 aromatic rings. The summed E-state index contributed by atoms with van der Waals surface area (Å²) in [6, 6.07) is 14.4. The minimum atomic E-state index is -0.741. The molecule has 1 aliphatic rings. The molecule has 0 bridgehead atoms. The average molecular weight is 600 g/mol. The molecule has 3 N–H and O–H groups in total. The van der Waals surface area contributed by atoms with Gasteiger partial charge in [-0.05, 0) is 92.6 Å². The van der Waals surface area contributed by atoms with Crippen molar-refractivity contribution in [1.29, 1.82) is 0 Å². The van der Waals surface area contributed by atoms with Crippen LogP contribution in [0.5, 0.6) is 11.5 Å². The highest BCUT2D eigenvalue weighted by Gasteiger charge is 2.25. The second-order valence-corrected chi connectivity index (χ2v) is 11.2. The minimum absolute atomic E-state index is 0.0155. The van der Waals surface area contributed by atoms with E-state index in [-0.39, 0.29) is 40.3 Å². The van der Waals surface area contributed by atoms with Crippen LogP contribution in [-0.2, 0) is 4.79 Å². The number of nitrogens with zero attached hydrogens (tertiary/aromatic N) is 3. The van der Waals surface area contributed by atoms with Crippen LogP contribution in [0.4, 0.5) is 14.5 Å². The number of para-hydroxylation sites is 1. The van der Waals surface area contributed by atoms with Crippen LogP contribution in [0.1, 0.15) is 59.8 Å². The number of nitrogens with two attached hydrogens (primary N) is 1. The molecule has 228 valence electrons. The first-order chi connectivity index (χ1) is 21.0. The van der Waals surface area contributed by atoms with E-state index in [1.165, 1.54) is 29.8 Å². The van der Waals surface area contributed by atoms with Crippen molar-refractivity contribution in [3.05, 3.63) is 100 Å². The lowest BCUT2D eigenvalue weighted by molar-refractivity contribution is -0.129. The number of benzene rings is 3. The molecule has 1 saturated heterocycles. The SMILES string of the molecule is C=NN(/C(N)=C(\C)C(=O)c1cc2cc(C)c(C3CCN(C(C)=O)CC3)cc2[nH]1)c1c(C)cc(Oc2ccccc2F)cc1F. The highest BCUT2D eigenvalue weighted by Crippen LogP contribution is 2.35. The first kappa shape index (κ1) is 30.5. The number of allylic oxidation sites excluding steroid dienone is 1. The molecular weight excluding hydrogens is 564 g/mol. The molecule has 44 heavy (non-hydrogen) atoms. The lowest BCUT2D eigenvalue weighted by Crippen LogP contribution is -2.36. The third-order valence-electron chi connectivity index (χ3n) is 8.23. The van der Waals surface area contributed by atoms with E-state index < -0.39 is 11.6 Å². The van der Waals surface area contributed by atoms with Gasteiger partial charge in [-0.3, -0.25) is 9.59 Å². The average Bonchev–Trinajstić information content (AvgIpc) is 3.41. The van der Waals surface area contributed by atoms with Gasteiger partial charge in [-0.1, -0.05) is 12.1 Å². The number of aryl methyl sites for hydroxylation is 2. The Morgan fingerprint density at radius 1 is 1.02 bits per heavy atom. The maximum absolute atomic E-state index is 15.4. The number of carbonyl (C=O) groups is 2. The Hall–Kier alpha value is -4.99. The highest BCUT2D eigenvalue weighted by atomic mass is 19.1. The van der Waals surface area contributed by atoms with Crippen LogP contribution in [0.15, 0.2) is 71.1 Å². The fourth-order valence-electron chi connectivity index (χ4n) is 5.81. The molecule has 1 aliphatic heterocycles. The third-order valence-corrected chi connectivity index (χ3v) is 8.23. The number of likely N-dealkylation sites (tertiary alicyclic amines) is 1. The van der Waals surface area contributed by atoms with Crippen LogP contribution >= 0.6 is 0 Å². The zero-order valence-corrected chi connectivity index (χ0v) is 25.2. The molecule has 2 heterocycles. The summed E-state index contributed by atoms with van der Waals surface area (Å²) in [6.45, 7) is 11.8. The molecule has 0 aliphatic carbocycles. The van der Waals surface area contributed by atoms with Crippen molar-refractivity contribution >= 4 is 35.0 Å². The molecule has 5 rings (SSSR count). The van der Waals surface area contributed by atoms with Gasteiger partial charge in [0.15, 0.2) is 17.4 Å². The zero-order chi connectivity index (χ0) is 31.7. The molecule has 0 unspecified atom stereocenters. The number of hydrazone groups is 1. The lowest BCUT2D eigenvalue weighted by atomic mass is 9.86. The van der Waals surface area contributed by atoms with Crippen LogP contribution in [-0.4, -0.2) is 41.4 Å². The second kappa shape index (κ2) is 12.3. The first-order valence-electron chi connectivity index (χ1n) is 14.4. The summed E-state index contributed by atoms with van der Waals surface area (Å²) in [5.74, 6) is -1.33. The predicted molar refractivity (Wildman–Crippen MR) is 168 cm³/mol. The van der Waals surface area contributed by atoms with Crippen LogP contribution in [0, 0.1) is 25.5 Å². The van der Waals surface area contributed by atoms with Gasteiger partial charge in [0.1, 0.15) is 17.3 Å². The minimum Gasteiger partial charge on any atom is -0.454 e. The maximum atomic E-state index is 15.4. The number of aromatic amines is 1. The van der Waals surface area contributed by atoms with Crippen molar-refractivity contribution in [2.45, 2.75) is 46.5 Å². The first-order valence-corrected chi connectivity index (χ1v) is 14.4. The smallest absolute Gasteiger partial charge is 0.219 e. The van der Waals surface area contributed by atoms with Crippen molar-refractivity contribution in [2.75, 3.05) is 18.1 Å². The number of aromatic nitrogens is 1. The number of H-pyrrole nitrogens is 1. The number of carbonyl (C=O) groups excluding carboxylic acids is 2. The summed E-state index contributed by atoms with van der Waals surface area (Å²) in [5.41, 5.74) is 10.4. The van der Waals surface area contributed by atoms with Crippen molar-refractivity contribution in [1.82, 2.24) is 9.88 Å². The van der Waals surface area contributed by atoms with E-state index in [0.717, 1.165) is 53.5 Å². The van der Waals surface area contributed by atoms with E-state index in [2.05, 4.69) is 35.9 Å². The van der Waals surface area contributed by atoms with Crippen LogP contribution in [0.2, 0.25) is 0 Å². The molecule has 0 atom stereocenters. The van der Waals surface area contributed by atoms with E-state index in [0.29, 0.717) is 17.2 Å². The van der Waals surface area contributed by atoms with Crippen molar-refractivity contribution < 1.29 is 23.1 Å². The number of ether oxygens (including phenoxy) is 1. The zero-order valence-electron chi connectivity index (χ0n) is 25.2. The summed E-state index contributed by atoms with van der Waals surface area (Å²) in [7, 11) is 0. The Kier molecular flexibility index (Phi) is 8.53. The third kappa shape index (κ3) is 5.92. The number of nitrogens with one attached hydrogen (secondary N) is 1. The van der Waals surface area contributed by atoms with E-state index in [4.69, 9.17) is 10.5 Å². The largest absolute Gasteiger partial charge is 0.454 e. The van der Waals surface area contributed by atoms with Crippen molar-refractivity contribution in [2.24, 2.45) is 10.8 Å². The number of fused-ring (bicyclic) bond motifs is 1. The van der Waals surface area contributed by atoms with E-state index in [9.17, 15) is 14.0 Å². The van der Waals surface area contributed by atoms with Crippen molar-refractivity contribution in [3.8, 4) is 11.5 Å².